The van der Waals surface area contributed by atoms with E-state index >= 15 is 0 Å². The van der Waals surface area contributed by atoms with Gasteiger partial charge in [-0.05, 0) is 25.5 Å². The van der Waals surface area contributed by atoms with Crippen molar-refractivity contribution >= 4 is 22.7 Å². The fourth-order valence-corrected chi connectivity index (χ4v) is 2.30. The van der Waals surface area contributed by atoms with Gasteiger partial charge in [-0.1, -0.05) is 6.07 Å². The minimum Gasteiger partial charge on any atom is -0.372 e. The summed E-state index contributed by atoms with van der Waals surface area (Å²) >= 11 is 1.53. The van der Waals surface area contributed by atoms with Crippen LogP contribution in [0.2, 0.25) is 0 Å². The van der Waals surface area contributed by atoms with E-state index in [1.807, 2.05) is 13.8 Å². The molecule has 0 saturated heterocycles. The molecule has 0 aliphatic carbocycles. The molecule has 0 fully saturated rings. The van der Waals surface area contributed by atoms with E-state index in [9.17, 15) is 10.1 Å². The average molecular weight is 263 g/mol. The molecule has 0 aliphatic rings. The highest BCUT2D eigenvalue weighted by atomic mass is 32.1. The van der Waals surface area contributed by atoms with Gasteiger partial charge in [0.15, 0.2) is 0 Å². The number of nitro groups is 1. The summed E-state index contributed by atoms with van der Waals surface area (Å²) < 4.78 is 0. The number of nitrogens with one attached hydrogen (secondary N) is 1. The lowest BCUT2D eigenvalue weighted by Gasteiger charge is -2.13. The van der Waals surface area contributed by atoms with Gasteiger partial charge in [-0.2, -0.15) is 0 Å². The molecule has 6 heteroatoms. The van der Waals surface area contributed by atoms with Crippen molar-refractivity contribution in [2.75, 3.05) is 5.32 Å². The standard InChI is InChI=1S/C12H13N3O2S/c1-8-3-4-11(15(16)17)10(5-8)14-9(2)12-6-13-7-18-12/h3-7,9,14H,1-2H3. The zero-order valence-corrected chi connectivity index (χ0v) is 10.9. The molecule has 0 radical (unpaired) electrons. The van der Waals surface area contributed by atoms with Crippen LogP contribution in [0.1, 0.15) is 23.4 Å². The number of rotatable bonds is 4. The molecule has 1 heterocycles. The molecule has 1 unspecified atom stereocenters. The third-order valence-electron chi connectivity index (χ3n) is 2.60. The zero-order chi connectivity index (χ0) is 13.1. The Balaban J connectivity index is 2.28. The van der Waals surface area contributed by atoms with Gasteiger partial charge in [0, 0.05) is 17.1 Å². The number of hydrogen-bond acceptors (Lipinski definition) is 5. The Hall–Kier alpha value is -1.95. The first-order valence-electron chi connectivity index (χ1n) is 5.48. The Bertz CT molecular complexity index is 554. The van der Waals surface area contributed by atoms with Gasteiger partial charge < -0.3 is 5.32 Å². The van der Waals surface area contributed by atoms with Gasteiger partial charge in [0.05, 0.1) is 16.5 Å². The number of anilines is 1. The molecule has 2 aromatic rings. The van der Waals surface area contributed by atoms with Gasteiger partial charge in [-0.25, -0.2) is 0 Å². The Morgan fingerprint density at radius 1 is 1.50 bits per heavy atom. The smallest absolute Gasteiger partial charge is 0.292 e. The first kappa shape index (κ1) is 12.5. The van der Waals surface area contributed by atoms with Gasteiger partial charge >= 0.3 is 0 Å². The largest absolute Gasteiger partial charge is 0.372 e. The van der Waals surface area contributed by atoms with E-state index in [4.69, 9.17) is 0 Å². The van der Waals surface area contributed by atoms with Crippen LogP contribution in [0.5, 0.6) is 0 Å². The summed E-state index contributed by atoms with van der Waals surface area (Å²) in [4.78, 5) is 15.6. The van der Waals surface area contributed by atoms with Crippen molar-refractivity contribution < 1.29 is 4.92 Å². The third kappa shape index (κ3) is 2.65. The number of aryl methyl sites for hydroxylation is 1. The first-order chi connectivity index (χ1) is 8.58. The van der Waals surface area contributed by atoms with Crippen LogP contribution in [-0.4, -0.2) is 9.91 Å². The van der Waals surface area contributed by atoms with Crippen molar-refractivity contribution in [1.82, 2.24) is 4.98 Å². The van der Waals surface area contributed by atoms with Crippen LogP contribution in [0.25, 0.3) is 0 Å². The second kappa shape index (κ2) is 5.14. The lowest BCUT2D eigenvalue weighted by molar-refractivity contribution is -0.384. The Morgan fingerprint density at radius 3 is 2.89 bits per heavy atom. The van der Waals surface area contributed by atoms with Crippen LogP contribution in [0.4, 0.5) is 11.4 Å². The first-order valence-corrected chi connectivity index (χ1v) is 6.36. The second-order valence-electron chi connectivity index (χ2n) is 4.05. The summed E-state index contributed by atoms with van der Waals surface area (Å²) in [5.74, 6) is 0. The van der Waals surface area contributed by atoms with Crippen molar-refractivity contribution in [3.8, 4) is 0 Å². The highest BCUT2D eigenvalue weighted by Gasteiger charge is 2.16. The van der Waals surface area contributed by atoms with Gasteiger partial charge in [0.1, 0.15) is 5.69 Å². The lowest BCUT2D eigenvalue weighted by atomic mass is 10.1. The van der Waals surface area contributed by atoms with E-state index in [-0.39, 0.29) is 16.7 Å². The maximum absolute atomic E-state index is 11.0. The highest BCUT2D eigenvalue weighted by molar-refractivity contribution is 7.09. The predicted octanol–water partition coefficient (Wildman–Crippen LogP) is 3.53. The van der Waals surface area contributed by atoms with Crippen LogP contribution in [-0.2, 0) is 0 Å². The summed E-state index contributed by atoms with van der Waals surface area (Å²) in [7, 11) is 0. The van der Waals surface area contributed by atoms with Crippen LogP contribution < -0.4 is 5.32 Å². The molecule has 0 amide bonds. The maximum atomic E-state index is 11.0. The molecule has 94 valence electrons. The molecule has 18 heavy (non-hydrogen) atoms. The summed E-state index contributed by atoms with van der Waals surface area (Å²) in [5.41, 5.74) is 3.37. The number of nitro benzene ring substituents is 1. The van der Waals surface area contributed by atoms with Crippen LogP contribution >= 0.6 is 11.3 Å². The van der Waals surface area contributed by atoms with E-state index < -0.39 is 0 Å². The molecule has 0 saturated carbocycles. The SMILES string of the molecule is Cc1ccc([N+](=O)[O-])c(NC(C)c2cncs2)c1. The van der Waals surface area contributed by atoms with E-state index in [1.54, 1.807) is 23.8 Å². The summed E-state index contributed by atoms with van der Waals surface area (Å²) in [6.07, 6.45) is 1.77. The Kier molecular flexibility index (Phi) is 3.57. The Morgan fingerprint density at radius 2 is 2.28 bits per heavy atom. The van der Waals surface area contributed by atoms with Crippen LogP contribution in [0.15, 0.2) is 29.9 Å². The molecule has 0 bridgehead atoms. The predicted molar refractivity (Wildman–Crippen MR) is 72.0 cm³/mol. The van der Waals surface area contributed by atoms with Crippen molar-refractivity contribution in [1.29, 1.82) is 0 Å². The number of benzene rings is 1. The number of nitrogens with zero attached hydrogens (tertiary/aromatic N) is 2. The fourth-order valence-electron chi connectivity index (χ4n) is 1.67. The van der Waals surface area contributed by atoms with E-state index in [1.165, 1.54) is 17.4 Å². The number of thiazole rings is 1. The van der Waals surface area contributed by atoms with Crippen molar-refractivity contribution in [3.63, 3.8) is 0 Å². The molecule has 5 nitrogen and oxygen atoms in total. The summed E-state index contributed by atoms with van der Waals surface area (Å²) in [6.45, 7) is 3.87. The van der Waals surface area contributed by atoms with Gasteiger partial charge in [-0.3, -0.25) is 15.1 Å². The van der Waals surface area contributed by atoms with Crippen molar-refractivity contribution in [3.05, 3.63) is 50.5 Å². The van der Waals surface area contributed by atoms with E-state index in [0.29, 0.717) is 5.69 Å². The third-order valence-corrected chi connectivity index (χ3v) is 3.56. The minimum atomic E-state index is -0.374. The van der Waals surface area contributed by atoms with E-state index in [2.05, 4.69) is 10.3 Å². The molecule has 1 aromatic carbocycles. The summed E-state index contributed by atoms with van der Waals surface area (Å²) in [6, 6.07) is 5.05. The van der Waals surface area contributed by atoms with Crippen LogP contribution in [0.3, 0.4) is 0 Å². The second-order valence-corrected chi connectivity index (χ2v) is 4.97. The molecule has 0 spiro atoms. The summed E-state index contributed by atoms with van der Waals surface area (Å²) in [5, 5.41) is 14.1. The zero-order valence-electron chi connectivity index (χ0n) is 10.1. The molecule has 1 aromatic heterocycles. The van der Waals surface area contributed by atoms with Crippen molar-refractivity contribution in [2.45, 2.75) is 19.9 Å². The van der Waals surface area contributed by atoms with Gasteiger partial charge in [-0.15, -0.1) is 11.3 Å². The molecular weight excluding hydrogens is 250 g/mol. The average Bonchev–Trinajstić information content (AvgIpc) is 2.81. The number of hydrogen-bond donors (Lipinski definition) is 1. The van der Waals surface area contributed by atoms with Gasteiger partial charge in [0.2, 0.25) is 0 Å². The van der Waals surface area contributed by atoms with Crippen molar-refractivity contribution in [2.24, 2.45) is 0 Å². The van der Waals surface area contributed by atoms with Crippen LogP contribution in [0, 0.1) is 17.0 Å². The minimum absolute atomic E-state index is 0.00185. The normalized spacial score (nSPS) is 12.1. The topological polar surface area (TPSA) is 68.1 Å². The highest BCUT2D eigenvalue weighted by Crippen LogP contribution is 2.29. The Labute approximate surface area is 109 Å². The quantitative estimate of drug-likeness (QED) is 0.676. The van der Waals surface area contributed by atoms with E-state index in [0.717, 1.165) is 10.4 Å². The molecule has 0 aliphatic heterocycles. The molecular formula is C12H13N3O2S. The lowest BCUT2D eigenvalue weighted by Crippen LogP contribution is -2.07. The molecule has 1 N–H and O–H groups in total. The van der Waals surface area contributed by atoms with Gasteiger partial charge in [0.25, 0.3) is 5.69 Å². The molecule has 2 rings (SSSR count). The maximum Gasteiger partial charge on any atom is 0.292 e. The monoisotopic (exact) mass is 263 g/mol. The fraction of sp³-hybridized carbons (Fsp3) is 0.250. The molecule has 1 atom stereocenters. The number of aromatic nitrogens is 1.